The van der Waals surface area contributed by atoms with Crippen molar-refractivity contribution in [1.82, 2.24) is 19.9 Å². The molecule has 0 spiro atoms. The molecule has 0 unspecified atom stereocenters. The molecule has 2 N–H and O–H groups in total. The van der Waals surface area contributed by atoms with Crippen LogP contribution in [0.3, 0.4) is 0 Å². The minimum Gasteiger partial charge on any atom is -0.492 e. The van der Waals surface area contributed by atoms with Crippen LogP contribution in [0.25, 0.3) is 0 Å². The number of aromatic amines is 1. The van der Waals surface area contributed by atoms with Crippen molar-refractivity contribution in [1.29, 1.82) is 0 Å². The third-order valence-electron chi connectivity index (χ3n) is 5.81. The van der Waals surface area contributed by atoms with Gasteiger partial charge in [-0.05, 0) is 37.8 Å². The third-order valence-corrected chi connectivity index (χ3v) is 5.81. The van der Waals surface area contributed by atoms with Crippen molar-refractivity contribution in [2.24, 2.45) is 5.92 Å². The zero-order valence-corrected chi connectivity index (χ0v) is 17.2. The van der Waals surface area contributed by atoms with Gasteiger partial charge in [-0.15, -0.1) is 0 Å². The average molecular weight is 433 g/mol. The van der Waals surface area contributed by atoms with E-state index in [1.165, 1.54) is 19.0 Å². The number of carbonyl (C=O) groups excluding carboxylic acids is 1. The quantitative estimate of drug-likeness (QED) is 0.696. The molecule has 4 rings (SSSR count). The molecule has 166 valence electrons. The third kappa shape index (κ3) is 5.25. The predicted molar refractivity (Wildman–Crippen MR) is 109 cm³/mol. The standard InChI is InChI=1S/C21H25F2N5O3/c1-13(20(30)27-18-5-4-15(8-25-18)31-12-14-2-3-14)28-7-6-21(22,23)16(11-28)17-9-26-19(29)10-24-17/h4-5,8-10,13-14,16H,2-3,6-7,11-12H2,1H3,(H,26,29)(H,25,27,30)/t13-,16+/m0/s1. The minimum absolute atomic E-state index is 0.0536. The summed E-state index contributed by atoms with van der Waals surface area (Å²) in [6.45, 7) is 2.36. The number of nitrogens with zero attached hydrogens (tertiary/aromatic N) is 3. The number of pyridine rings is 1. The van der Waals surface area contributed by atoms with Crippen molar-refractivity contribution in [2.45, 2.75) is 44.1 Å². The van der Waals surface area contributed by atoms with Crippen molar-refractivity contribution in [3.05, 3.63) is 46.8 Å². The monoisotopic (exact) mass is 433 g/mol. The van der Waals surface area contributed by atoms with Crippen LogP contribution in [0.5, 0.6) is 5.75 Å². The highest BCUT2D eigenvalue weighted by Gasteiger charge is 2.47. The van der Waals surface area contributed by atoms with Gasteiger partial charge >= 0.3 is 0 Å². The second kappa shape index (κ2) is 8.70. The number of H-pyrrole nitrogens is 1. The molecule has 1 aliphatic carbocycles. The molecule has 2 aliphatic rings. The number of rotatable bonds is 7. The molecule has 8 nitrogen and oxygen atoms in total. The number of anilines is 1. The molecule has 0 bridgehead atoms. The smallest absolute Gasteiger partial charge is 0.266 e. The molecule has 2 atom stereocenters. The summed E-state index contributed by atoms with van der Waals surface area (Å²) >= 11 is 0. The van der Waals surface area contributed by atoms with Crippen LogP contribution in [0, 0.1) is 5.92 Å². The van der Waals surface area contributed by atoms with Crippen LogP contribution in [0.15, 0.2) is 35.5 Å². The highest BCUT2D eigenvalue weighted by molar-refractivity contribution is 5.93. The van der Waals surface area contributed by atoms with Gasteiger partial charge in [0.15, 0.2) is 0 Å². The Balaban J connectivity index is 1.37. The zero-order valence-electron chi connectivity index (χ0n) is 17.2. The Morgan fingerprint density at radius 2 is 2.16 bits per heavy atom. The highest BCUT2D eigenvalue weighted by Crippen LogP contribution is 2.39. The van der Waals surface area contributed by atoms with Crippen LogP contribution in [0.4, 0.5) is 14.6 Å². The molecule has 1 aliphatic heterocycles. The summed E-state index contributed by atoms with van der Waals surface area (Å²) in [4.78, 5) is 36.1. The molecule has 2 aromatic rings. The zero-order chi connectivity index (χ0) is 22.0. The molecule has 0 aromatic carbocycles. The Morgan fingerprint density at radius 1 is 1.35 bits per heavy atom. The van der Waals surface area contributed by atoms with E-state index in [4.69, 9.17) is 4.74 Å². The van der Waals surface area contributed by atoms with E-state index in [-0.39, 0.29) is 24.7 Å². The number of piperidine rings is 1. The van der Waals surface area contributed by atoms with Gasteiger partial charge in [0.1, 0.15) is 11.6 Å². The number of amides is 1. The van der Waals surface area contributed by atoms with Crippen LogP contribution in [0.1, 0.15) is 37.8 Å². The van der Waals surface area contributed by atoms with E-state index in [9.17, 15) is 18.4 Å². The first kappa shape index (κ1) is 21.4. The maximum atomic E-state index is 14.5. The summed E-state index contributed by atoms with van der Waals surface area (Å²) in [6, 6.07) is 2.76. The molecule has 1 saturated carbocycles. The van der Waals surface area contributed by atoms with Gasteiger partial charge in [0.05, 0.1) is 36.7 Å². The number of hydrogen-bond donors (Lipinski definition) is 2. The summed E-state index contributed by atoms with van der Waals surface area (Å²) in [7, 11) is 0. The molecule has 1 amide bonds. The lowest BCUT2D eigenvalue weighted by Gasteiger charge is -2.40. The fourth-order valence-corrected chi connectivity index (χ4v) is 3.57. The number of carbonyl (C=O) groups is 1. The van der Waals surface area contributed by atoms with Crippen molar-refractivity contribution in [3.63, 3.8) is 0 Å². The van der Waals surface area contributed by atoms with Gasteiger partial charge in [-0.1, -0.05) is 0 Å². The fraction of sp³-hybridized carbons (Fsp3) is 0.524. The van der Waals surface area contributed by atoms with Crippen LogP contribution < -0.4 is 15.6 Å². The number of aromatic nitrogens is 3. The highest BCUT2D eigenvalue weighted by atomic mass is 19.3. The Bertz CT molecular complexity index is 957. The van der Waals surface area contributed by atoms with Gasteiger partial charge in [-0.3, -0.25) is 19.5 Å². The van der Waals surface area contributed by atoms with E-state index in [2.05, 4.69) is 20.3 Å². The first-order valence-electron chi connectivity index (χ1n) is 10.4. The van der Waals surface area contributed by atoms with Gasteiger partial charge in [-0.2, -0.15) is 0 Å². The number of halogens is 2. The topological polar surface area (TPSA) is 100 Å². The summed E-state index contributed by atoms with van der Waals surface area (Å²) in [5.41, 5.74) is -0.353. The molecule has 3 heterocycles. The molecule has 10 heteroatoms. The Labute approximate surface area is 178 Å². The second-order valence-electron chi connectivity index (χ2n) is 8.19. The van der Waals surface area contributed by atoms with E-state index >= 15 is 0 Å². The van der Waals surface area contributed by atoms with Crippen LogP contribution in [-0.2, 0) is 4.79 Å². The van der Waals surface area contributed by atoms with Crippen molar-refractivity contribution < 1.29 is 18.3 Å². The largest absolute Gasteiger partial charge is 0.492 e. The number of nitrogens with one attached hydrogen (secondary N) is 2. The summed E-state index contributed by atoms with van der Waals surface area (Å²) in [6.07, 6.45) is 5.75. The molecule has 1 saturated heterocycles. The van der Waals surface area contributed by atoms with Crippen LogP contribution in [0.2, 0.25) is 0 Å². The average Bonchev–Trinajstić information content (AvgIpc) is 3.58. The normalized spacial score (nSPS) is 22.0. The Morgan fingerprint density at radius 3 is 2.81 bits per heavy atom. The SMILES string of the molecule is C[C@@H](C(=O)Nc1ccc(OCC2CC2)cn1)N1CCC(F)(F)[C@@H](c2c[nH]c(=O)cn2)C1. The fourth-order valence-electron chi connectivity index (χ4n) is 3.57. The Kier molecular flexibility index (Phi) is 5.99. The maximum Gasteiger partial charge on any atom is 0.266 e. The number of hydrogen-bond acceptors (Lipinski definition) is 6. The van der Waals surface area contributed by atoms with E-state index < -0.39 is 29.9 Å². The minimum atomic E-state index is -2.98. The molecular weight excluding hydrogens is 408 g/mol. The van der Waals surface area contributed by atoms with E-state index in [0.29, 0.717) is 24.1 Å². The number of alkyl halides is 2. The van der Waals surface area contributed by atoms with Gasteiger partial charge in [-0.25, -0.2) is 13.8 Å². The number of likely N-dealkylation sites (tertiary alicyclic amines) is 1. The predicted octanol–water partition coefficient (Wildman–Crippen LogP) is 2.41. The first-order valence-corrected chi connectivity index (χ1v) is 10.4. The first-order chi connectivity index (χ1) is 14.8. The maximum absolute atomic E-state index is 14.5. The van der Waals surface area contributed by atoms with Crippen molar-refractivity contribution in [3.8, 4) is 5.75 Å². The van der Waals surface area contributed by atoms with Crippen molar-refractivity contribution in [2.75, 3.05) is 25.0 Å². The lowest BCUT2D eigenvalue weighted by atomic mass is 9.90. The molecule has 0 radical (unpaired) electrons. The molecule has 31 heavy (non-hydrogen) atoms. The number of ether oxygens (including phenoxy) is 1. The van der Waals surface area contributed by atoms with E-state index in [1.54, 1.807) is 30.2 Å². The van der Waals surface area contributed by atoms with Crippen LogP contribution >= 0.6 is 0 Å². The van der Waals surface area contributed by atoms with Gasteiger partial charge in [0.2, 0.25) is 5.91 Å². The van der Waals surface area contributed by atoms with Crippen molar-refractivity contribution >= 4 is 11.7 Å². The Hall–Kier alpha value is -2.88. The van der Waals surface area contributed by atoms with E-state index in [0.717, 1.165) is 6.20 Å². The van der Waals surface area contributed by atoms with E-state index in [1.807, 2.05) is 0 Å². The summed E-state index contributed by atoms with van der Waals surface area (Å²) in [5, 5.41) is 2.73. The van der Waals surface area contributed by atoms with Crippen LogP contribution in [-0.4, -0.2) is 57.4 Å². The molecule has 2 fully saturated rings. The summed E-state index contributed by atoms with van der Waals surface area (Å²) < 4.78 is 34.7. The second-order valence-corrected chi connectivity index (χ2v) is 8.19. The van der Waals surface area contributed by atoms with Gasteiger partial charge in [0.25, 0.3) is 11.5 Å². The van der Waals surface area contributed by atoms with Gasteiger partial charge in [0, 0.05) is 25.7 Å². The lowest BCUT2D eigenvalue weighted by molar-refractivity contribution is -0.125. The summed E-state index contributed by atoms with van der Waals surface area (Å²) in [5.74, 6) is -2.88. The molecular formula is C21H25F2N5O3. The molecule has 2 aromatic heterocycles. The van der Waals surface area contributed by atoms with Gasteiger partial charge < -0.3 is 15.0 Å². The lowest BCUT2D eigenvalue weighted by Crippen LogP contribution is -2.52.